The lowest BCUT2D eigenvalue weighted by Gasteiger charge is -2.20. The van der Waals surface area contributed by atoms with Gasteiger partial charge in [0.2, 0.25) is 0 Å². The van der Waals surface area contributed by atoms with E-state index in [9.17, 15) is 4.79 Å². The van der Waals surface area contributed by atoms with Gasteiger partial charge in [-0.25, -0.2) is 4.99 Å². The quantitative estimate of drug-likeness (QED) is 0.414. The largest absolute Gasteiger partial charge is 0.292 e. The van der Waals surface area contributed by atoms with Gasteiger partial charge in [0.05, 0.1) is 0 Å². The lowest BCUT2D eigenvalue weighted by molar-refractivity contribution is -0.123. The van der Waals surface area contributed by atoms with Gasteiger partial charge in [0.25, 0.3) is 5.91 Å². The number of rotatable bonds is 8. The second-order valence-corrected chi connectivity index (χ2v) is 5.63. The summed E-state index contributed by atoms with van der Waals surface area (Å²) < 4.78 is 0. The number of hydrogen-bond acceptors (Lipinski definition) is 3. The molecule has 0 atom stereocenters. The number of hydrogen-bond donors (Lipinski definition) is 0. The summed E-state index contributed by atoms with van der Waals surface area (Å²) in [4.78, 5) is 18.0. The van der Waals surface area contributed by atoms with Crippen LogP contribution in [0.5, 0.6) is 0 Å². The molecule has 0 fully saturated rings. The van der Waals surface area contributed by atoms with Crippen molar-refractivity contribution < 1.29 is 4.79 Å². The molecule has 116 valence electrons. The first-order valence-electron chi connectivity index (χ1n) is 6.97. The predicted octanol–water partition coefficient (Wildman–Crippen LogP) is 3.93. The van der Waals surface area contributed by atoms with Gasteiger partial charge in [0.1, 0.15) is 5.82 Å². The number of aryl methyl sites for hydroxylation is 1. The van der Waals surface area contributed by atoms with Crippen LogP contribution >= 0.6 is 11.8 Å². The Morgan fingerprint density at radius 1 is 1.36 bits per heavy atom. The molecule has 0 radical (unpaired) electrons. The Balaban J connectivity index is 2.91. The van der Waals surface area contributed by atoms with E-state index in [0.717, 1.165) is 11.3 Å². The van der Waals surface area contributed by atoms with E-state index in [-0.39, 0.29) is 5.91 Å². The highest BCUT2D eigenvalue weighted by Crippen LogP contribution is 2.11. The molecule has 0 heterocycles. The van der Waals surface area contributed by atoms with Gasteiger partial charge in [-0.15, -0.1) is 0 Å². The second kappa shape index (κ2) is 9.79. The van der Waals surface area contributed by atoms with Crippen LogP contribution in [-0.4, -0.2) is 36.1 Å². The van der Waals surface area contributed by atoms with E-state index in [2.05, 4.69) is 18.3 Å². The summed E-state index contributed by atoms with van der Waals surface area (Å²) in [6.45, 7) is 9.79. The van der Waals surface area contributed by atoms with Crippen LogP contribution in [-0.2, 0) is 4.79 Å². The number of carbonyl (C=O) groups is 1. The normalized spacial score (nSPS) is 11.5. The number of nitrogens with zero attached hydrogens (tertiary/aromatic N) is 2. The van der Waals surface area contributed by atoms with E-state index < -0.39 is 0 Å². The Morgan fingerprint density at radius 3 is 2.59 bits per heavy atom. The van der Waals surface area contributed by atoms with Crippen LogP contribution in [0.15, 0.2) is 59.9 Å². The molecule has 3 nitrogen and oxygen atoms in total. The number of thioether (sulfide) groups is 1. The van der Waals surface area contributed by atoms with E-state index in [1.807, 2.05) is 43.5 Å². The van der Waals surface area contributed by atoms with Crippen LogP contribution < -0.4 is 0 Å². The summed E-state index contributed by atoms with van der Waals surface area (Å²) in [6, 6.07) is 8.00. The van der Waals surface area contributed by atoms with Crippen LogP contribution in [0.4, 0.5) is 0 Å². The summed E-state index contributed by atoms with van der Waals surface area (Å²) in [5.41, 5.74) is 2.18. The van der Waals surface area contributed by atoms with Gasteiger partial charge in [-0.3, -0.25) is 9.69 Å². The van der Waals surface area contributed by atoms with E-state index >= 15 is 0 Å². The molecule has 1 rings (SSSR count). The molecule has 0 N–H and O–H groups in total. The summed E-state index contributed by atoms with van der Waals surface area (Å²) in [5.74, 6) is 1.23. The third-order valence-electron chi connectivity index (χ3n) is 2.99. The van der Waals surface area contributed by atoms with Gasteiger partial charge in [-0.05, 0) is 37.6 Å². The van der Waals surface area contributed by atoms with Gasteiger partial charge in [-0.2, -0.15) is 11.8 Å². The summed E-state index contributed by atoms with van der Waals surface area (Å²) >= 11 is 1.68. The van der Waals surface area contributed by atoms with Crippen molar-refractivity contribution in [2.45, 2.75) is 6.92 Å². The lowest BCUT2D eigenvalue weighted by Crippen LogP contribution is -2.30. The monoisotopic (exact) mass is 314 g/mol. The van der Waals surface area contributed by atoms with Crippen molar-refractivity contribution >= 4 is 30.5 Å². The van der Waals surface area contributed by atoms with E-state index in [1.54, 1.807) is 34.9 Å². The zero-order valence-electron chi connectivity index (χ0n) is 13.2. The van der Waals surface area contributed by atoms with E-state index in [0.29, 0.717) is 12.4 Å². The zero-order chi connectivity index (χ0) is 16.4. The minimum absolute atomic E-state index is 0.116. The fraction of sp³-hybridized carbons (Fsp3) is 0.222. The van der Waals surface area contributed by atoms with Crippen molar-refractivity contribution in [2.24, 2.45) is 4.99 Å². The Bertz CT molecular complexity index is 573. The van der Waals surface area contributed by atoms with Gasteiger partial charge in [0, 0.05) is 18.4 Å². The molecule has 0 aliphatic rings. The van der Waals surface area contributed by atoms with E-state index in [4.69, 9.17) is 0 Å². The second-order valence-electron chi connectivity index (χ2n) is 4.65. The standard InChI is InChI=1S/C18H22N2OS/c1-5-6-17(19-3)20(13-14-22-4)18(21)12-11-16-9-7-15(2)8-10-16/h5-12H,1,3,13-14H2,2,4H3/b12-11+,17-6+. The van der Waals surface area contributed by atoms with E-state index in [1.165, 1.54) is 5.56 Å². The van der Waals surface area contributed by atoms with Crippen molar-refractivity contribution in [1.82, 2.24) is 4.90 Å². The number of aliphatic imine (C=N–C) groups is 1. The van der Waals surface area contributed by atoms with Crippen molar-refractivity contribution in [1.29, 1.82) is 0 Å². The van der Waals surface area contributed by atoms with Crippen molar-refractivity contribution in [3.05, 3.63) is 66.0 Å². The fourth-order valence-electron chi connectivity index (χ4n) is 1.79. The Labute approximate surface area is 137 Å². The smallest absolute Gasteiger partial charge is 0.252 e. The average Bonchev–Trinajstić information content (AvgIpc) is 2.53. The zero-order valence-corrected chi connectivity index (χ0v) is 14.0. The first kappa shape index (κ1) is 18.0. The number of benzene rings is 1. The maximum absolute atomic E-state index is 12.4. The summed E-state index contributed by atoms with van der Waals surface area (Å²) in [6.07, 6.45) is 8.66. The van der Waals surface area contributed by atoms with Crippen LogP contribution in [0, 0.1) is 6.92 Å². The molecule has 1 aromatic rings. The molecule has 0 saturated heterocycles. The van der Waals surface area contributed by atoms with Gasteiger partial charge in [0.15, 0.2) is 0 Å². The third kappa shape index (κ3) is 5.74. The highest BCUT2D eigenvalue weighted by molar-refractivity contribution is 7.98. The average molecular weight is 314 g/mol. The molecule has 0 aromatic heterocycles. The number of carbonyl (C=O) groups excluding carboxylic acids is 1. The molecular formula is C18H22N2OS. The van der Waals surface area contributed by atoms with Gasteiger partial charge >= 0.3 is 0 Å². The molecular weight excluding hydrogens is 292 g/mol. The minimum Gasteiger partial charge on any atom is -0.292 e. The fourth-order valence-corrected chi connectivity index (χ4v) is 2.15. The SMILES string of the molecule is C=C/C=C(\N=C)N(CCSC)C(=O)/C=C/c1ccc(C)cc1. The molecule has 1 amide bonds. The highest BCUT2D eigenvalue weighted by atomic mass is 32.2. The molecule has 0 bridgehead atoms. The summed E-state index contributed by atoms with van der Waals surface area (Å²) in [5, 5.41) is 0. The molecule has 1 aromatic carbocycles. The van der Waals surface area contributed by atoms with Crippen LogP contribution in [0.2, 0.25) is 0 Å². The number of amides is 1. The molecule has 0 saturated carbocycles. The molecule has 0 aliphatic heterocycles. The first-order valence-corrected chi connectivity index (χ1v) is 8.36. The Morgan fingerprint density at radius 2 is 2.05 bits per heavy atom. The molecule has 4 heteroatoms. The molecule has 0 spiro atoms. The Kier molecular flexibility index (Phi) is 8.00. The number of allylic oxidation sites excluding steroid dienone is 2. The third-order valence-corrected chi connectivity index (χ3v) is 3.58. The van der Waals surface area contributed by atoms with Gasteiger partial charge < -0.3 is 0 Å². The topological polar surface area (TPSA) is 32.7 Å². The van der Waals surface area contributed by atoms with Gasteiger partial charge in [-0.1, -0.05) is 42.5 Å². The maximum atomic E-state index is 12.4. The first-order chi connectivity index (χ1) is 10.6. The predicted molar refractivity (Wildman–Crippen MR) is 98.1 cm³/mol. The lowest BCUT2D eigenvalue weighted by atomic mass is 10.1. The molecule has 0 unspecified atom stereocenters. The van der Waals surface area contributed by atoms with Crippen LogP contribution in [0.25, 0.3) is 6.08 Å². The highest BCUT2D eigenvalue weighted by Gasteiger charge is 2.13. The van der Waals surface area contributed by atoms with Crippen molar-refractivity contribution in [3.8, 4) is 0 Å². The maximum Gasteiger partial charge on any atom is 0.252 e. The molecule has 0 aliphatic carbocycles. The minimum atomic E-state index is -0.116. The van der Waals surface area contributed by atoms with Crippen LogP contribution in [0.3, 0.4) is 0 Å². The van der Waals surface area contributed by atoms with Crippen molar-refractivity contribution in [3.63, 3.8) is 0 Å². The van der Waals surface area contributed by atoms with Crippen LogP contribution in [0.1, 0.15) is 11.1 Å². The molecule has 22 heavy (non-hydrogen) atoms. The van der Waals surface area contributed by atoms with Crippen molar-refractivity contribution in [2.75, 3.05) is 18.6 Å². The summed E-state index contributed by atoms with van der Waals surface area (Å²) in [7, 11) is 0. The Hall–Kier alpha value is -2.07.